The Morgan fingerprint density at radius 1 is 0.818 bits per heavy atom. The molecule has 9 heteroatoms. The zero-order valence-electron chi connectivity index (χ0n) is 17.5. The molecule has 2 amide bonds. The van der Waals surface area contributed by atoms with E-state index in [4.69, 9.17) is 9.15 Å². The fraction of sp³-hybridized carbons (Fsp3) is 0.250. The third-order valence-corrected chi connectivity index (χ3v) is 5.31. The van der Waals surface area contributed by atoms with Crippen molar-refractivity contribution in [3.8, 4) is 5.75 Å². The highest BCUT2D eigenvalue weighted by Crippen LogP contribution is 2.29. The number of alkyl halides is 3. The second-order valence-electron chi connectivity index (χ2n) is 7.53. The highest BCUT2D eigenvalue weighted by molar-refractivity contribution is 5.95. The van der Waals surface area contributed by atoms with Gasteiger partial charge in [0.15, 0.2) is 5.76 Å². The topological polar surface area (TPSA) is 63.0 Å². The Balaban J connectivity index is 1.30. The fourth-order valence-electron chi connectivity index (χ4n) is 3.49. The SMILES string of the molecule is O=C(c1ccc(C(F)(F)F)cc1)N1CCN(C(=O)c2ccc(COc3ccccc3)o2)CC1. The lowest BCUT2D eigenvalue weighted by Gasteiger charge is -2.34. The molecule has 2 heterocycles. The van der Waals surface area contributed by atoms with Crippen molar-refractivity contribution in [3.05, 3.63) is 89.4 Å². The average Bonchev–Trinajstić information content (AvgIpc) is 3.31. The van der Waals surface area contributed by atoms with Crippen molar-refractivity contribution in [2.75, 3.05) is 26.2 Å². The zero-order chi connectivity index (χ0) is 23.4. The van der Waals surface area contributed by atoms with Gasteiger partial charge in [-0.25, -0.2) is 0 Å². The lowest BCUT2D eigenvalue weighted by atomic mass is 10.1. The normalized spacial score (nSPS) is 14.3. The van der Waals surface area contributed by atoms with E-state index in [0.29, 0.717) is 24.6 Å². The average molecular weight is 458 g/mol. The molecule has 1 saturated heterocycles. The predicted octanol–water partition coefficient (Wildman–Crippen LogP) is 4.48. The summed E-state index contributed by atoms with van der Waals surface area (Å²) in [7, 11) is 0. The van der Waals surface area contributed by atoms with Gasteiger partial charge in [0.05, 0.1) is 5.56 Å². The number of benzene rings is 2. The standard InChI is InChI=1S/C24H21F3N2O4/c25-24(26,27)18-8-6-17(7-9-18)22(30)28-12-14-29(15-13-28)23(31)21-11-10-20(33-21)16-32-19-4-2-1-3-5-19/h1-11H,12-16H2. The van der Waals surface area contributed by atoms with E-state index in [1.165, 1.54) is 17.0 Å². The van der Waals surface area contributed by atoms with Crippen LogP contribution in [0.25, 0.3) is 0 Å². The van der Waals surface area contributed by atoms with Crippen molar-refractivity contribution in [2.45, 2.75) is 12.8 Å². The summed E-state index contributed by atoms with van der Waals surface area (Å²) in [5.41, 5.74) is -0.627. The Kier molecular flexibility index (Phi) is 6.39. The van der Waals surface area contributed by atoms with Crippen LogP contribution in [0.3, 0.4) is 0 Å². The first kappa shape index (κ1) is 22.4. The van der Waals surface area contributed by atoms with Crippen LogP contribution in [0.2, 0.25) is 0 Å². The smallest absolute Gasteiger partial charge is 0.416 e. The van der Waals surface area contributed by atoms with Gasteiger partial charge in [-0.2, -0.15) is 13.2 Å². The van der Waals surface area contributed by atoms with E-state index in [9.17, 15) is 22.8 Å². The van der Waals surface area contributed by atoms with E-state index in [1.54, 1.807) is 17.0 Å². The number of nitrogens with zero attached hydrogens (tertiary/aromatic N) is 2. The predicted molar refractivity (Wildman–Crippen MR) is 113 cm³/mol. The first-order chi connectivity index (χ1) is 15.8. The first-order valence-corrected chi connectivity index (χ1v) is 10.3. The molecule has 0 saturated carbocycles. The van der Waals surface area contributed by atoms with E-state index in [1.807, 2.05) is 30.3 Å². The first-order valence-electron chi connectivity index (χ1n) is 10.3. The molecule has 0 unspecified atom stereocenters. The Hall–Kier alpha value is -3.75. The monoisotopic (exact) mass is 458 g/mol. The van der Waals surface area contributed by atoms with Gasteiger partial charge in [0.25, 0.3) is 11.8 Å². The van der Waals surface area contributed by atoms with Crippen LogP contribution in [0.1, 0.15) is 32.2 Å². The van der Waals surface area contributed by atoms with E-state index in [2.05, 4.69) is 0 Å². The molecule has 4 rings (SSSR count). The second kappa shape index (κ2) is 9.40. The number of carbonyl (C=O) groups is 2. The van der Waals surface area contributed by atoms with Gasteiger partial charge in [-0.05, 0) is 48.5 Å². The molecule has 0 spiro atoms. The third kappa shape index (κ3) is 5.36. The van der Waals surface area contributed by atoms with Crippen molar-refractivity contribution >= 4 is 11.8 Å². The van der Waals surface area contributed by atoms with E-state index >= 15 is 0 Å². The number of para-hydroxylation sites is 1. The zero-order valence-corrected chi connectivity index (χ0v) is 17.5. The van der Waals surface area contributed by atoms with Crippen molar-refractivity contribution in [2.24, 2.45) is 0 Å². The lowest BCUT2D eigenvalue weighted by Crippen LogP contribution is -2.50. The van der Waals surface area contributed by atoms with Crippen LogP contribution in [0.4, 0.5) is 13.2 Å². The van der Waals surface area contributed by atoms with Gasteiger partial charge < -0.3 is 19.0 Å². The van der Waals surface area contributed by atoms with Crippen molar-refractivity contribution in [3.63, 3.8) is 0 Å². The van der Waals surface area contributed by atoms with Gasteiger partial charge in [0.2, 0.25) is 0 Å². The highest BCUT2D eigenvalue weighted by Gasteiger charge is 2.31. The summed E-state index contributed by atoms with van der Waals surface area (Å²) in [4.78, 5) is 28.5. The van der Waals surface area contributed by atoms with E-state index in [0.717, 1.165) is 12.1 Å². The summed E-state index contributed by atoms with van der Waals surface area (Å²) in [5.74, 6) is 0.731. The number of carbonyl (C=O) groups excluding carboxylic acids is 2. The second-order valence-corrected chi connectivity index (χ2v) is 7.53. The van der Waals surface area contributed by atoms with Gasteiger partial charge in [-0.3, -0.25) is 9.59 Å². The molecule has 3 aromatic rings. The lowest BCUT2D eigenvalue weighted by molar-refractivity contribution is -0.137. The van der Waals surface area contributed by atoms with Crippen LogP contribution >= 0.6 is 0 Å². The summed E-state index contributed by atoms with van der Waals surface area (Å²) < 4.78 is 49.4. The summed E-state index contributed by atoms with van der Waals surface area (Å²) in [6.07, 6.45) is -4.45. The van der Waals surface area contributed by atoms with Crippen LogP contribution in [-0.4, -0.2) is 47.8 Å². The molecule has 1 aliphatic heterocycles. The number of amides is 2. The Bertz CT molecular complexity index is 1100. The fourth-order valence-corrected chi connectivity index (χ4v) is 3.49. The minimum Gasteiger partial charge on any atom is -0.486 e. The number of rotatable bonds is 5. The van der Waals surface area contributed by atoms with Crippen molar-refractivity contribution in [1.29, 1.82) is 0 Å². The molecule has 0 bridgehead atoms. The number of furan rings is 1. The molecule has 2 aromatic carbocycles. The minimum atomic E-state index is -4.45. The number of ether oxygens (including phenoxy) is 1. The largest absolute Gasteiger partial charge is 0.486 e. The summed E-state index contributed by atoms with van der Waals surface area (Å²) in [5, 5.41) is 0. The minimum absolute atomic E-state index is 0.178. The van der Waals surface area contributed by atoms with Crippen molar-refractivity contribution < 1.29 is 31.9 Å². The van der Waals surface area contributed by atoms with Gasteiger partial charge in [0, 0.05) is 31.7 Å². The van der Waals surface area contributed by atoms with E-state index in [-0.39, 0.29) is 42.8 Å². The number of hydrogen-bond acceptors (Lipinski definition) is 4. The maximum atomic E-state index is 12.7. The van der Waals surface area contributed by atoms with Crippen molar-refractivity contribution in [1.82, 2.24) is 9.80 Å². The quantitative estimate of drug-likeness (QED) is 0.566. The van der Waals surface area contributed by atoms with Crippen LogP contribution in [0.5, 0.6) is 5.75 Å². The van der Waals surface area contributed by atoms with Crippen LogP contribution in [-0.2, 0) is 12.8 Å². The number of piperazine rings is 1. The molecule has 1 aromatic heterocycles. The Morgan fingerprint density at radius 2 is 1.42 bits per heavy atom. The molecule has 1 fully saturated rings. The number of hydrogen-bond donors (Lipinski definition) is 0. The maximum absolute atomic E-state index is 12.7. The highest BCUT2D eigenvalue weighted by atomic mass is 19.4. The Morgan fingerprint density at radius 3 is 2.03 bits per heavy atom. The molecule has 33 heavy (non-hydrogen) atoms. The van der Waals surface area contributed by atoms with Gasteiger partial charge in [0.1, 0.15) is 18.1 Å². The summed E-state index contributed by atoms with van der Waals surface area (Å²) >= 11 is 0. The van der Waals surface area contributed by atoms with Crippen LogP contribution in [0.15, 0.2) is 71.1 Å². The number of halogens is 3. The summed E-state index contributed by atoms with van der Waals surface area (Å²) in [6.45, 7) is 1.32. The molecule has 0 aliphatic carbocycles. The Labute approximate surface area is 188 Å². The molecule has 1 aliphatic rings. The molecule has 172 valence electrons. The third-order valence-electron chi connectivity index (χ3n) is 5.31. The van der Waals surface area contributed by atoms with Crippen LogP contribution in [0, 0.1) is 0 Å². The molecule has 0 N–H and O–H groups in total. The molecule has 0 radical (unpaired) electrons. The van der Waals surface area contributed by atoms with Crippen LogP contribution < -0.4 is 4.74 Å². The molecule has 0 atom stereocenters. The summed E-state index contributed by atoms with van der Waals surface area (Å²) in [6, 6.07) is 16.6. The van der Waals surface area contributed by atoms with Gasteiger partial charge in [-0.1, -0.05) is 18.2 Å². The molecule has 6 nitrogen and oxygen atoms in total. The molecular formula is C24H21F3N2O4. The molecular weight excluding hydrogens is 437 g/mol. The maximum Gasteiger partial charge on any atom is 0.416 e. The van der Waals surface area contributed by atoms with Gasteiger partial charge >= 0.3 is 6.18 Å². The van der Waals surface area contributed by atoms with Gasteiger partial charge in [-0.15, -0.1) is 0 Å². The van der Waals surface area contributed by atoms with E-state index < -0.39 is 11.7 Å².